The molecule has 37 heavy (non-hydrogen) atoms. The van der Waals surface area contributed by atoms with Crippen molar-refractivity contribution in [2.24, 2.45) is 0 Å². The smallest absolute Gasteiger partial charge is 0.320 e. The lowest BCUT2D eigenvalue weighted by molar-refractivity contribution is 0.0734. The fourth-order valence-electron chi connectivity index (χ4n) is 6.82. The van der Waals surface area contributed by atoms with E-state index < -0.39 is 0 Å². The molecule has 3 atom stereocenters. The largest absolute Gasteiger partial charge is 0.378 e. The first-order valence-electron chi connectivity index (χ1n) is 13.4. The SMILES string of the molecule is CN1CC2CCC(C1)N2C(=O)N1CCc2cc(-c3cnc4[nH]cc(Cl)c4c3)cc([C@@H]3COCCN3)c2C1. The number of piperazine rings is 1. The molecule has 2 unspecified atom stereocenters. The predicted molar refractivity (Wildman–Crippen MR) is 144 cm³/mol. The Morgan fingerprint density at radius 3 is 2.78 bits per heavy atom. The van der Waals surface area contributed by atoms with Crippen molar-refractivity contribution < 1.29 is 9.53 Å². The van der Waals surface area contributed by atoms with Crippen molar-refractivity contribution in [2.75, 3.05) is 46.4 Å². The minimum absolute atomic E-state index is 0.102. The summed E-state index contributed by atoms with van der Waals surface area (Å²) >= 11 is 6.40. The van der Waals surface area contributed by atoms with Crippen LogP contribution in [0.1, 0.15) is 35.6 Å². The van der Waals surface area contributed by atoms with Gasteiger partial charge >= 0.3 is 6.03 Å². The number of likely N-dealkylation sites (tertiary alicyclic amines) is 1. The Morgan fingerprint density at radius 1 is 1.16 bits per heavy atom. The number of H-pyrrole nitrogens is 1. The second kappa shape index (κ2) is 9.27. The first-order valence-corrected chi connectivity index (χ1v) is 13.8. The summed E-state index contributed by atoms with van der Waals surface area (Å²) in [6, 6.07) is 7.66. The molecule has 9 heteroatoms. The highest BCUT2D eigenvalue weighted by Crippen LogP contribution is 2.37. The van der Waals surface area contributed by atoms with Crippen molar-refractivity contribution in [3.63, 3.8) is 0 Å². The molecular formula is C28H33ClN6O2. The van der Waals surface area contributed by atoms with E-state index in [4.69, 9.17) is 16.3 Å². The monoisotopic (exact) mass is 520 g/mol. The van der Waals surface area contributed by atoms with E-state index in [-0.39, 0.29) is 12.1 Å². The van der Waals surface area contributed by atoms with Crippen LogP contribution in [0.5, 0.6) is 0 Å². The van der Waals surface area contributed by atoms with E-state index in [0.29, 0.717) is 30.3 Å². The number of benzene rings is 1. The highest BCUT2D eigenvalue weighted by atomic mass is 35.5. The van der Waals surface area contributed by atoms with Crippen LogP contribution in [0.15, 0.2) is 30.6 Å². The summed E-state index contributed by atoms with van der Waals surface area (Å²) in [4.78, 5) is 28.2. The number of aromatic amines is 1. The van der Waals surface area contributed by atoms with Crippen LogP contribution in [0, 0.1) is 0 Å². The Bertz CT molecular complexity index is 1340. The highest BCUT2D eigenvalue weighted by molar-refractivity contribution is 6.35. The Labute approximate surface area is 221 Å². The topological polar surface area (TPSA) is 76.7 Å². The van der Waals surface area contributed by atoms with Crippen molar-refractivity contribution >= 4 is 28.7 Å². The molecule has 8 nitrogen and oxygen atoms in total. The van der Waals surface area contributed by atoms with Gasteiger partial charge in [0.25, 0.3) is 0 Å². The number of pyridine rings is 1. The summed E-state index contributed by atoms with van der Waals surface area (Å²) in [7, 11) is 2.17. The third-order valence-corrected chi connectivity index (χ3v) is 8.96. The fraction of sp³-hybridized carbons (Fsp3) is 0.500. The number of hydrogen-bond donors (Lipinski definition) is 2. The Kier molecular flexibility index (Phi) is 5.88. The van der Waals surface area contributed by atoms with Crippen molar-refractivity contribution in [1.82, 2.24) is 30.0 Å². The number of halogens is 1. The van der Waals surface area contributed by atoms with Gasteiger partial charge in [0, 0.05) is 68.2 Å². The molecule has 2 bridgehead atoms. The number of hydrogen-bond acceptors (Lipinski definition) is 5. The van der Waals surface area contributed by atoms with Crippen LogP contribution in [-0.4, -0.2) is 89.2 Å². The molecule has 0 radical (unpaired) electrons. The van der Waals surface area contributed by atoms with Crippen LogP contribution >= 0.6 is 11.6 Å². The van der Waals surface area contributed by atoms with E-state index in [9.17, 15) is 4.79 Å². The molecule has 7 rings (SSSR count). The average molecular weight is 521 g/mol. The number of nitrogens with zero attached hydrogens (tertiary/aromatic N) is 4. The van der Waals surface area contributed by atoms with Gasteiger partial charge < -0.3 is 29.7 Å². The van der Waals surface area contributed by atoms with Gasteiger partial charge in [-0.3, -0.25) is 0 Å². The molecule has 0 spiro atoms. The van der Waals surface area contributed by atoms with Crippen LogP contribution in [-0.2, 0) is 17.7 Å². The molecule has 0 aliphatic carbocycles. The first kappa shape index (κ1) is 23.5. The summed E-state index contributed by atoms with van der Waals surface area (Å²) in [5, 5.41) is 5.25. The number of nitrogens with one attached hydrogen (secondary N) is 2. The van der Waals surface area contributed by atoms with E-state index in [2.05, 4.69) is 55.2 Å². The van der Waals surface area contributed by atoms with E-state index in [1.54, 1.807) is 6.20 Å². The molecule has 2 amide bonds. The number of amides is 2. The molecule has 0 saturated carbocycles. The molecule has 3 fully saturated rings. The number of likely N-dealkylation sites (N-methyl/N-ethyl adjacent to an activating group) is 1. The molecule has 3 saturated heterocycles. The number of morpholine rings is 1. The standard InChI is InChI=1S/C28H33ClN6O2/c1-33-13-20-2-3-21(14-33)35(20)28(36)34-6-4-17-8-18(19-10-23-25(29)12-32-27(23)31-11-19)9-22(24(17)15-34)26-16-37-7-5-30-26/h8-12,20-21,26,30H,2-7,13-16H2,1H3,(H,31,32)/t20?,21?,26-/m0/s1. The minimum Gasteiger partial charge on any atom is -0.378 e. The molecular weight excluding hydrogens is 488 g/mol. The van der Waals surface area contributed by atoms with Crippen LogP contribution in [0.4, 0.5) is 4.79 Å². The summed E-state index contributed by atoms with van der Waals surface area (Å²) in [5.74, 6) is 0. The Morgan fingerprint density at radius 2 is 2.00 bits per heavy atom. The second-order valence-electron chi connectivity index (χ2n) is 11.0. The van der Waals surface area contributed by atoms with Crippen molar-refractivity contribution in [3.05, 3.63) is 52.3 Å². The number of carbonyl (C=O) groups excluding carboxylic acids is 1. The third kappa shape index (κ3) is 4.11. The van der Waals surface area contributed by atoms with E-state index >= 15 is 0 Å². The van der Waals surface area contributed by atoms with Crippen molar-refractivity contribution in [2.45, 2.75) is 43.9 Å². The molecule has 2 aromatic heterocycles. The zero-order valence-corrected chi connectivity index (χ0v) is 21.9. The lowest BCUT2D eigenvalue weighted by Gasteiger charge is -2.43. The molecule has 4 aliphatic heterocycles. The normalized spacial score (nSPS) is 26.1. The average Bonchev–Trinajstić information content (AvgIpc) is 3.43. The zero-order chi connectivity index (χ0) is 25.1. The lowest BCUT2D eigenvalue weighted by atomic mass is 9.87. The lowest BCUT2D eigenvalue weighted by Crippen LogP contribution is -2.58. The van der Waals surface area contributed by atoms with Crippen molar-refractivity contribution in [3.8, 4) is 11.1 Å². The molecule has 3 aromatic rings. The highest BCUT2D eigenvalue weighted by Gasteiger charge is 2.43. The molecule has 194 valence electrons. The quantitative estimate of drug-likeness (QED) is 0.537. The van der Waals surface area contributed by atoms with E-state index in [1.165, 1.54) is 16.7 Å². The first-order chi connectivity index (χ1) is 18.0. The molecule has 6 heterocycles. The van der Waals surface area contributed by atoms with Gasteiger partial charge in [-0.1, -0.05) is 17.7 Å². The number of rotatable bonds is 2. The minimum atomic E-state index is 0.102. The number of aromatic nitrogens is 2. The van der Waals surface area contributed by atoms with E-state index in [1.807, 2.05) is 6.20 Å². The third-order valence-electron chi connectivity index (χ3n) is 8.64. The van der Waals surface area contributed by atoms with Gasteiger partial charge in [0.15, 0.2) is 0 Å². The number of ether oxygens (including phenoxy) is 1. The van der Waals surface area contributed by atoms with Gasteiger partial charge in [-0.25, -0.2) is 9.78 Å². The van der Waals surface area contributed by atoms with Gasteiger partial charge in [0.05, 0.1) is 24.3 Å². The maximum absolute atomic E-state index is 13.8. The van der Waals surface area contributed by atoms with Crippen molar-refractivity contribution in [1.29, 1.82) is 0 Å². The number of carbonyl (C=O) groups is 1. The second-order valence-corrected chi connectivity index (χ2v) is 11.4. The maximum atomic E-state index is 13.8. The van der Waals surface area contributed by atoms with Gasteiger partial charge in [0.2, 0.25) is 0 Å². The van der Waals surface area contributed by atoms with Gasteiger partial charge in [-0.05, 0) is 60.7 Å². The summed E-state index contributed by atoms with van der Waals surface area (Å²) in [6.45, 7) is 5.53. The summed E-state index contributed by atoms with van der Waals surface area (Å²) in [6.07, 6.45) is 6.77. The van der Waals surface area contributed by atoms with Gasteiger partial charge in [-0.2, -0.15) is 0 Å². The molecule has 2 N–H and O–H groups in total. The zero-order valence-electron chi connectivity index (χ0n) is 21.2. The predicted octanol–water partition coefficient (Wildman–Crippen LogP) is 3.80. The summed E-state index contributed by atoms with van der Waals surface area (Å²) in [5.41, 5.74) is 6.77. The van der Waals surface area contributed by atoms with Gasteiger partial charge in [0.1, 0.15) is 5.65 Å². The van der Waals surface area contributed by atoms with Crippen LogP contribution in [0.2, 0.25) is 5.02 Å². The van der Waals surface area contributed by atoms with Crippen LogP contribution in [0.3, 0.4) is 0 Å². The van der Waals surface area contributed by atoms with Crippen LogP contribution < -0.4 is 5.32 Å². The number of fused-ring (bicyclic) bond motifs is 4. The Hall–Kier alpha value is -2.65. The Balaban J connectivity index is 1.24. The number of urea groups is 1. The van der Waals surface area contributed by atoms with Gasteiger partial charge in [-0.15, -0.1) is 0 Å². The van der Waals surface area contributed by atoms with E-state index in [0.717, 1.165) is 74.2 Å². The maximum Gasteiger partial charge on any atom is 0.320 e. The summed E-state index contributed by atoms with van der Waals surface area (Å²) < 4.78 is 5.86. The fourth-order valence-corrected chi connectivity index (χ4v) is 7.02. The molecule has 1 aromatic carbocycles. The van der Waals surface area contributed by atoms with Crippen LogP contribution in [0.25, 0.3) is 22.2 Å². The molecule has 4 aliphatic rings.